The maximum absolute atomic E-state index is 12.6. The summed E-state index contributed by atoms with van der Waals surface area (Å²) in [5.41, 5.74) is 0. The minimum absolute atomic E-state index is 0.0165. The molecule has 0 N–H and O–H groups in total. The Morgan fingerprint density at radius 2 is 2.11 bits per heavy atom. The van der Waals surface area contributed by atoms with Crippen LogP contribution in [0, 0.1) is 11.8 Å². The van der Waals surface area contributed by atoms with Crippen molar-refractivity contribution >= 4 is 12.0 Å². The highest BCUT2D eigenvalue weighted by molar-refractivity contribution is 5.94. The Morgan fingerprint density at radius 3 is 2.68 bits per heavy atom. The molecule has 0 aromatic rings. The number of hydrogen-bond donors (Lipinski definition) is 0. The third-order valence-electron chi connectivity index (χ3n) is 4.43. The van der Waals surface area contributed by atoms with Crippen LogP contribution in [-0.2, 0) is 9.53 Å². The summed E-state index contributed by atoms with van der Waals surface area (Å²) < 4.78 is 4.89. The van der Waals surface area contributed by atoms with Crippen LogP contribution >= 0.6 is 0 Å². The van der Waals surface area contributed by atoms with Gasteiger partial charge < -0.3 is 4.74 Å². The zero-order valence-corrected chi connectivity index (χ0v) is 11.9. The second-order valence-electron chi connectivity index (χ2n) is 5.75. The Morgan fingerprint density at radius 1 is 1.37 bits per heavy atom. The quantitative estimate of drug-likeness (QED) is 0.767. The minimum atomic E-state index is -0.442. The van der Waals surface area contributed by atoms with Crippen molar-refractivity contribution in [1.29, 1.82) is 0 Å². The Hall–Kier alpha value is -1.06. The Balaban J connectivity index is 2.02. The highest BCUT2D eigenvalue weighted by Gasteiger charge is 2.37. The molecule has 2 fully saturated rings. The molecule has 0 aromatic heterocycles. The molecule has 1 unspecified atom stereocenters. The first-order chi connectivity index (χ1) is 9.24. The van der Waals surface area contributed by atoms with Crippen LogP contribution in [-0.4, -0.2) is 30.1 Å². The average molecular weight is 267 g/mol. The molecule has 1 heterocycles. The van der Waals surface area contributed by atoms with Crippen molar-refractivity contribution in [3.8, 4) is 0 Å². The van der Waals surface area contributed by atoms with Crippen molar-refractivity contribution < 1.29 is 14.3 Å². The Labute approximate surface area is 115 Å². The van der Waals surface area contributed by atoms with Crippen LogP contribution in [0.25, 0.3) is 0 Å². The predicted octanol–water partition coefficient (Wildman–Crippen LogP) is 3.35. The molecule has 0 aromatic carbocycles. The second kappa shape index (κ2) is 6.92. The van der Waals surface area contributed by atoms with Gasteiger partial charge >= 0.3 is 6.09 Å². The molecule has 0 spiro atoms. The lowest BCUT2D eigenvalue weighted by Gasteiger charge is -2.31. The standard InChI is InChI=1S/C15H25NO3/c1-2-3-9-13(12-7-5-4-6-8-12)14(17)16-10-11-19-15(16)18/h12-13H,2-11H2,1H3. The van der Waals surface area contributed by atoms with E-state index in [1.54, 1.807) is 0 Å². The molecule has 1 aliphatic heterocycles. The number of nitrogens with zero attached hydrogens (tertiary/aromatic N) is 1. The normalized spacial score (nSPS) is 22.4. The number of carbonyl (C=O) groups excluding carboxylic acids is 2. The Bertz CT molecular complexity index is 323. The van der Waals surface area contributed by atoms with Crippen molar-refractivity contribution in [3.63, 3.8) is 0 Å². The van der Waals surface area contributed by atoms with Gasteiger partial charge in [-0.25, -0.2) is 9.69 Å². The summed E-state index contributed by atoms with van der Waals surface area (Å²) >= 11 is 0. The van der Waals surface area contributed by atoms with E-state index in [1.165, 1.54) is 24.2 Å². The first-order valence-electron chi connectivity index (χ1n) is 7.72. The monoisotopic (exact) mass is 267 g/mol. The molecule has 19 heavy (non-hydrogen) atoms. The third kappa shape index (κ3) is 3.48. The summed E-state index contributed by atoms with van der Waals surface area (Å²) in [4.78, 5) is 25.5. The van der Waals surface area contributed by atoms with E-state index in [2.05, 4.69) is 6.92 Å². The molecule has 0 radical (unpaired) electrons. The maximum Gasteiger partial charge on any atom is 0.416 e. The summed E-state index contributed by atoms with van der Waals surface area (Å²) in [5, 5.41) is 0. The van der Waals surface area contributed by atoms with Gasteiger partial charge in [-0.1, -0.05) is 39.0 Å². The second-order valence-corrected chi connectivity index (χ2v) is 5.75. The van der Waals surface area contributed by atoms with Gasteiger partial charge in [-0.15, -0.1) is 0 Å². The number of cyclic esters (lactones) is 1. The predicted molar refractivity (Wildman–Crippen MR) is 72.7 cm³/mol. The van der Waals surface area contributed by atoms with Gasteiger partial charge in [0.15, 0.2) is 0 Å². The van der Waals surface area contributed by atoms with Crippen molar-refractivity contribution in [2.24, 2.45) is 11.8 Å². The van der Waals surface area contributed by atoms with Crippen LogP contribution in [0.15, 0.2) is 0 Å². The van der Waals surface area contributed by atoms with Crippen LogP contribution in [0.4, 0.5) is 4.79 Å². The van der Waals surface area contributed by atoms with E-state index in [0.717, 1.165) is 32.1 Å². The lowest BCUT2D eigenvalue weighted by atomic mass is 9.77. The molecular weight excluding hydrogens is 242 g/mol. The molecule has 108 valence electrons. The number of unbranched alkanes of at least 4 members (excludes halogenated alkanes) is 1. The lowest BCUT2D eigenvalue weighted by Crippen LogP contribution is -2.40. The van der Waals surface area contributed by atoms with E-state index < -0.39 is 6.09 Å². The van der Waals surface area contributed by atoms with Gasteiger partial charge in [-0.2, -0.15) is 0 Å². The number of amides is 2. The van der Waals surface area contributed by atoms with Crippen LogP contribution in [0.1, 0.15) is 58.3 Å². The number of ether oxygens (including phenoxy) is 1. The molecule has 2 rings (SSSR count). The van der Waals surface area contributed by atoms with Crippen LogP contribution in [0.5, 0.6) is 0 Å². The largest absolute Gasteiger partial charge is 0.447 e. The van der Waals surface area contributed by atoms with Gasteiger partial charge in [0.2, 0.25) is 5.91 Å². The highest BCUT2D eigenvalue weighted by Crippen LogP contribution is 2.34. The molecule has 4 nitrogen and oxygen atoms in total. The summed E-state index contributed by atoms with van der Waals surface area (Å²) in [6.45, 7) is 2.94. The van der Waals surface area contributed by atoms with Crippen LogP contribution in [0.2, 0.25) is 0 Å². The molecule has 1 saturated carbocycles. The Kier molecular flexibility index (Phi) is 5.23. The molecular formula is C15H25NO3. The number of carbonyl (C=O) groups is 2. The maximum atomic E-state index is 12.6. The van der Waals surface area contributed by atoms with E-state index in [1.807, 2.05) is 0 Å². The average Bonchev–Trinajstić information content (AvgIpc) is 2.86. The summed E-state index contributed by atoms with van der Waals surface area (Å²) in [6, 6.07) is 0. The van der Waals surface area contributed by atoms with E-state index in [0.29, 0.717) is 19.1 Å². The van der Waals surface area contributed by atoms with Crippen LogP contribution < -0.4 is 0 Å². The van der Waals surface area contributed by atoms with E-state index in [-0.39, 0.29) is 11.8 Å². The van der Waals surface area contributed by atoms with Gasteiger partial charge in [0.25, 0.3) is 0 Å². The fourth-order valence-electron chi connectivity index (χ4n) is 3.32. The molecule has 1 atom stereocenters. The van der Waals surface area contributed by atoms with E-state index >= 15 is 0 Å². The zero-order valence-electron chi connectivity index (χ0n) is 11.9. The summed E-state index contributed by atoms with van der Waals surface area (Å²) in [7, 11) is 0. The van der Waals surface area contributed by atoms with Crippen molar-refractivity contribution in [2.75, 3.05) is 13.2 Å². The molecule has 2 amide bonds. The van der Waals surface area contributed by atoms with Crippen LogP contribution in [0.3, 0.4) is 0 Å². The molecule has 1 saturated heterocycles. The van der Waals surface area contributed by atoms with E-state index in [4.69, 9.17) is 4.74 Å². The molecule has 1 aliphatic carbocycles. The highest BCUT2D eigenvalue weighted by atomic mass is 16.6. The SMILES string of the molecule is CCCCC(C(=O)N1CCOC1=O)C1CCCCC1. The van der Waals surface area contributed by atoms with Gasteiger partial charge in [-0.05, 0) is 25.2 Å². The van der Waals surface area contributed by atoms with E-state index in [9.17, 15) is 9.59 Å². The summed E-state index contributed by atoms with van der Waals surface area (Å²) in [5.74, 6) is 0.523. The topological polar surface area (TPSA) is 46.6 Å². The molecule has 0 bridgehead atoms. The molecule has 2 aliphatic rings. The van der Waals surface area contributed by atoms with Gasteiger partial charge in [-0.3, -0.25) is 4.79 Å². The van der Waals surface area contributed by atoms with Crippen molar-refractivity contribution in [3.05, 3.63) is 0 Å². The molecule has 4 heteroatoms. The first-order valence-corrected chi connectivity index (χ1v) is 7.72. The van der Waals surface area contributed by atoms with Crippen molar-refractivity contribution in [1.82, 2.24) is 4.90 Å². The smallest absolute Gasteiger partial charge is 0.416 e. The van der Waals surface area contributed by atoms with Gasteiger partial charge in [0, 0.05) is 5.92 Å². The fourth-order valence-corrected chi connectivity index (χ4v) is 3.32. The lowest BCUT2D eigenvalue weighted by molar-refractivity contribution is -0.134. The van der Waals surface area contributed by atoms with Crippen molar-refractivity contribution in [2.45, 2.75) is 58.3 Å². The van der Waals surface area contributed by atoms with Gasteiger partial charge in [0.1, 0.15) is 6.61 Å². The number of imide groups is 1. The minimum Gasteiger partial charge on any atom is -0.447 e. The fraction of sp³-hybridized carbons (Fsp3) is 0.867. The number of rotatable bonds is 5. The van der Waals surface area contributed by atoms with Gasteiger partial charge in [0.05, 0.1) is 6.54 Å². The first kappa shape index (κ1) is 14.4. The number of hydrogen-bond acceptors (Lipinski definition) is 3. The zero-order chi connectivity index (χ0) is 13.7. The third-order valence-corrected chi connectivity index (χ3v) is 4.43. The summed E-state index contributed by atoms with van der Waals surface area (Å²) in [6.07, 6.45) is 8.67.